The maximum Gasteiger partial charge on any atom is 0.240 e. The van der Waals surface area contributed by atoms with Crippen LogP contribution in [0.1, 0.15) is 10.7 Å². The molecule has 0 radical (unpaired) electrons. The highest BCUT2D eigenvalue weighted by molar-refractivity contribution is 7.89. The van der Waals surface area contributed by atoms with Crippen molar-refractivity contribution in [3.8, 4) is 0 Å². The molecule has 1 aromatic heterocycles. The molecule has 2 aromatic rings. The van der Waals surface area contributed by atoms with E-state index < -0.39 is 10.0 Å². The molecule has 0 saturated carbocycles. The van der Waals surface area contributed by atoms with Crippen molar-refractivity contribution in [1.82, 2.24) is 9.71 Å². The smallest absolute Gasteiger partial charge is 0.240 e. The molecule has 1 heterocycles. The van der Waals surface area contributed by atoms with E-state index in [1.165, 1.54) is 19.2 Å². The summed E-state index contributed by atoms with van der Waals surface area (Å²) in [4.78, 5) is 4.54. The van der Waals surface area contributed by atoms with E-state index in [2.05, 4.69) is 15.0 Å². The Hall–Kier alpha value is -1.64. The number of nitrogens with zero attached hydrogens (tertiary/aromatic N) is 1. The van der Waals surface area contributed by atoms with E-state index in [0.717, 1.165) is 22.8 Å². The van der Waals surface area contributed by atoms with Crippen molar-refractivity contribution < 1.29 is 8.42 Å². The number of thiazole rings is 1. The van der Waals surface area contributed by atoms with Crippen LogP contribution in [0, 0.1) is 6.92 Å². The highest BCUT2D eigenvalue weighted by Gasteiger charge is 2.12. The van der Waals surface area contributed by atoms with E-state index in [9.17, 15) is 8.42 Å². The van der Waals surface area contributed by atoms with Crippen LogP contribution in [0.3, 0.4) is 0 Å². The summed E-state index contributed by atoms with van der Waals surface area (Å²) in [6, 6.07) is 4.65. The first-order valence-corrected chi connectivity index (χ1v) is 8.76. The van der Waals surface area contributed by atoms with Gasteiger partial charge in [-0.05, 0) is 32.2 Å². The molecule has 8 heteroatoms. The molecule has 4 N–H and O–H groups in total. The van der Waals surface area contributed by atoms with Crippen molar-refractivity contribution >= 4 is 32.7 Å². The fourth-order valence-corrected chi connectivity index (χ4v) is 3.35. The zero-order valence-electron chi connectivity index (χ0n) is 11.9. The molecule has 0 aliphatic rings. The van der Waals surface area contributed by atoms with E-state index in [4.69, 9.17) is 5.73 Å². The maximum absolute atomic E-state index is 11.7. The Morgan fingerprint density at radius 2 is 2.14 bits per heavy atom. The van der Waals surface area contributed by atoms with Gasteiger partial charge in [-0.25, -0.2) is 18.1 Å². The molecule has 0 fully saturated rings. The van der Waals surface area contributed by atoms with Gasteiger partial charge in [-0.1, -0.05) is 0 Å². The quantitative estimate of drug-likeness (QED) is 0.701. The molecule has 114 valence electrons. The number of hydrogen-bond donors (Lipinski definition) is 3. The largest absolute Gasteiger partial charge is 0.397 e. The van der Waals surface area contributed by atoms with E-state index in [0.29, 0.717) is 12.2 Å². The van der Waals surface area contributed by atoms with Crippen LogP contribution >= 0.6 is 11.3 Å². The second-order valence-electron chi connectivity index (χ2n) is 4.52. The molecule has 0 spiro atoms. The van der Waals surface area contributed by atoms with Gasteiger partial charge in [0.2, 0.25) is 10.0 Å². The van der Waals surface area contributed by atoms with Gasteiger partial charge in [0, 0.05) is 24.0 Å². The van der Waals surface area contributed by atoms with Gasteiger partial charge in [0.15, 0.2) is 0 Å². The summed E-state index contributed by atoms with van der Waals surface area (Å²) in [6.45, 7) is 2.65. The first kappa shape index (κ1) is 15.7. The predicted octanol–water partition coefficient (Wildman–Crippen LogP) is 1.60. The summed E-state index contributed by atoms with van der Waals surface area (Å²) in [7, 11) is -2.10. The number of hydrogen-bond acceptors (Lipinski definition) is 6. The first-order valence-electron chi connectivity index (χ1n) is 6.40. The summed E-state index contributed by atoms with van der Waals surface area (Å²) in [5.41, 5.74) is 8.04. The molecule has 0 bridgehead atoms. The molecule has 0 aliphatic heterocycles. The standard InChI is InChI=1S/C13H18N4O2S2/c1-9-8-20-13(17-9)5-6-16-12-4-3-10(7-11(12)14)21(18,19)15-2/h3-4,7-8,15-16H,5-6,14H2,1-2H3. The Morgan fingerprint density at radius 1 is 1.38 bits per heavy atom. The van der Waals surface area contributed by atoms with Gasteiger partial charge in [0.1, 0.15) is 0 Å². The minimum atomic E-state index is -3.46. The van der Waals surface area contributed by atoms with Crippen molar-refractivity contribution in [2.45, 2.75) is 18.2 Å². The highest BCUT2D eigenvalue weighted by Crippen LogP contribution is 2.22. The molecule has 0 aliphatic carbocycles. The van der Waals surface area contributed by atoms with Gasteiger partial charge in [0.05, 0.1) is 21.3 Å². The van der Waals surface area contributed by atoms with E-state index >= 15 is 0 Å². The third kappa shape index (κ3) is 3.93. The van der Waals surface area contributed by atoms with Crippen LogP contribution in [0.4, 0.5) is 11.4 Å². The zero-order valence-corrected chi connectivity index (χ0v) is 13.5. The Balaban J connectivity index is 2.01. The minimum Gasteiger partial charge on any atom is -0.397 e. The average Bonchev–Trinajstić information content (AvgIpc) is 2.86. The molecule has 0 unspecified atom stereocenters. The van der Waals surface area contributed by atoms with E-state index in [1.807, 2.05) is 12.3 Å². The number of sulfonamides is 1. The van der Waals surface area contributed by atoms with Crippen molar-refractivity contribution in [3.63, 3.8) is 0 Å². The molecule has 21 heavy (non-hydrogen) atoms. The number of benzene rings is 1. The zero-order chi connectivity index (χ0) is 15.5. The minimum absolute atomic E-state index is 0.156. The Morgan fingerprint density at radius 3 is 2.71 bits per heavy atom. The van der Waals surface area contributed by atoms with Gasteiger partial charge >= 0.3 is 0 Å². The van der Waals surface area contributed by atoms with Crippen molar-refractivity contribution in [2.75, 3.05) is 24.6 Å². The van der Waals surface area contributed by atoms with Crippen LogP contribution in [0.15, 0.2) is 28.5 Å². The summed E-state index contributed by atoms with van der Waals surface area (Å²) in [6.07, 6.45) is 0.800. The summed E-state index contributed by atoms with van der Waals surface area (Å²) < 4.78 is 25.6. The number of aromatic nitrogens is 1. The summed E-state index contributed by atoms with van der Waals surface area (Å²) >= 11 is 1.63. The summed E-state index contributed by atoms with van der Waals surface area (Å²) in [5.74, 6) is 0. The lowest BCUT2D eigenvalue weighted by molar-refractivity contribution is 0.588. The van der Waals surface area contributed by atoms with Crippen molar-refractivity contribution in [1.29, 1.82) is 0 Å². The van der Waals surface area contributed by atoms with Gasteiger partial charge in [-0.2, -0.15) is 0 Å². The van der Waals surface area contributed by atoms with Crippen LogP contribution < -0.4 is 15.8 Å². The predicted molar refractivity (Wildman–Crippen MR) is 86.1 cm³/mol. The topological polar surface area (TPSA) is 97.1 Å². The summed E-state index contributed by atoms with van der Waals surface area (Å²) in [5, 5.41) is 6.27. The molecular weight excluding hydrogens is 308 g/mol. The Kier molecular flexibility index (Phi) is 4.81. The average molecular weight is 326 g/mol. The molecule has 0 amide bonds. The molecule has 0 atom stereocenters. The number of nitrogens with two attached hydrogens (primary N) is 1. The normalized spacial score (nSPS) is 11.5. The first-order chi connectivity index (χ1) is 9.92. The van der Waals surface area contributed by atoms with Crippen LogP contribution in [-0.2, 0) is 16.4 Å². The lowest BCUT2D eigenvalue weighted by Crippen LogP contribution is -2.19. The number of nitrogen functional groups attached to an aromatic ring is 1. The van der Waals surface area contributed by atoms with Crippen LogP contribution in [-0.4, -0.2) is 27.0 Å². The van der Waals surface area contributed by atoms with Crippen LogP contribution in [0.2, 0.25) is 0 Å². The molecule has 0 saturated heterocycles. The van der Waals surface area contributed by atoms with Crippen molar-refractivity contribution in [2.24, 2.45) is 0 Å². The fraction of sp³-hybridized carbons (Fsp3) is 0.308. The number of rotatable bonds is 6. The highest BCUT2D eigenvalue weighted by atomic mass is 32.2. The monoisotopic (exact) mass is 326 g/mol. The van der Waals surface area contributed by atoms with Gasteiger partial charge in [-0.15, -0.1) is 11.3 Å². The number of nitrogens with one attached hydrogen (secondary N) is 2. The SMILES string of the molecule is CNS(=O)(=O)c1ccc(NCCc2nc(C)cs2)c(N)c1. The number of aryl methyl sites for hydroxylation is 1. The second-order valence-corrected chi connectivity index (χ2v) is 7.35. The number of anilines is 2. The molecule has 2 rings (SSSR count). The second kappa shape index (κ2) is 6.42. The Bertz CT molecular complexity index is 726. The van der Waals surface area contributed by atoms with Crippen LogP contribution in [0.5, 0.6) is 0 Å². The Labute approximate surface area is 128 Å². The molecule has 6 nitrogen and oxygen atoms in total. The van der Waals surface area contributed by atoms with Gasteiger partial charge < -0.3 is 11.1 Å². The van der Waals surface area contributed by atoms with Crippen molar-refractivity contribution in [3.05, 3.63) is 34.3 Å². The molecule has 1 aromatic carbocycles. The van der Waals surface area contributed by atoms with Crippen LogP contribution in [0.25, 0.3) is 0 Å². The maximum atomic E-state index is 11.7. The van der Waals surface area contributed by atoms with E-state index in [1.54, 1.807) is 17.4 Å². The fourth-order valence-electron chi connectivity index (χ4n) is 1.81. The third-order valence-corrected chi connectivity index (χ3v) is 5.36. The van der Waals surface area contributed by atoms with Gasteiger partial charge in [0.25, 0.3) is 0 Å². The molecular formula is C13H18N4O2S2. The van der Waals surface area contributed by atoms with Gasteiger partial charge in [-0.3, -0.25) is 0 Å². The lowest BCUT2D eigenvalue weighted by Gasteiger charge is -2.10. The lowest BCUT2D eigenvalue weighted by atomic mass is 10.2. The third-order valence-electron chi connectivity index (χ3n) is 2.92. The van der Waals surface area contributed by atoms with E-state index in [-0.39, 0.29) is 4.90 Å².